The summed E-state index contributed by atoms with van der Waals surface area (Å²) in [4.78, 5) is 21.8. The molecule has 2 rings (SSSR count). The molecule has 0 radical (unpaired) electrons. The van der Waals surface area contributed by atoms with Gasteiger partial charge in [0.2, 0.25) is 0 Å². The molecule has 8 heteroatoms. The second kappa shape index (κ2) is 4.57. The van der Waals surface area contributed by atoms with Crippen molar-refractivity contribution in [1.29, 1.82) is 0 Å². The minimum absolute atomic E-state index is 0.176. The second-order valence-electron chi connectivity index (χ2n) is 3.66. The Morgan fingerprint density at radius 2 is 2.33 bits per heavy atom. The number of nitro groups is 1. The van der Waals surface area contributed by atoms with Crippen LogP contribution in [0.1, 0.15) is 20.1 Å². The van der Waals surface area contributed by atoms with Gasteiger partial charge in [-0.2, -0.15) is 4.68 Å². The predicted molar refractivity (Wildman–Crippen MR) is 64.0 cm³/mol. The van der Waals surface area contributed by atoms with Crippen LogP contribution in [0.25, 0.3) is 0 Å². The van der Waals surface area contributed by atoms with Crippen molar-refractivity contribution < 1.29 is 14.8 Å². The molecule has 0 saturated carbocycles. The predicted octanol–water partition coefficient (Wildman–Crippen LogP) is 1.91. The van der Waals surface area contributed by atoms with Gasteiger partial charge in [0, 0.05) is 4.88 Å². The number of rotatable bonds is 4. The molecule has 2 aromatic rings. The van der Waals surface area contributed by atoms with E-state index >= 15 is 0 Å². The van der Waals surface area contributed by atoms with E-state index in [1.54, 1.807) is 19.2 Å². The van der Waals surface area contributed by atoms with E-state index in [1.807, 2.05) is 0 Å². The smallest absolute Gasteiger partial charge is 0.392 e. The van der Waals surface area contributed by atoms with Gasteiger partial charge in [-0.15, -0.1) is 11.3 Å². The third-order valence-electron chi connectivity index (χ3n) is 2.28. The maximum Gasteiger partial charge on any atom is 0.392 e. The van der Waals surface area contributed by atoms with Gasteiger partial charge in [0.25, 0.3) is 0 Å². The zero-order valence-corrected chi connectivity index (χ0v) is 10.2. The maximum atomic E-state index is 10.7. The highest BCUT2D eigenvalue weighted by molar-refractivity contribution is 7.13. The van der Waals surface area contributed by atoms with Crippen molar-refractivity contribution in [2.45, 2.75) is 13.5 Å². The number of carboxylic acid groups (broad SMARTS) is 1. The number of carbonyl (C=O) groups is 1. The van der Waals surface area contributed by atoms with Gasteiger partial charge in [-0.05, 0) is 24.0 Å². The molecule has 1 N–H and O–H groups in total. The van der Waals surface area contributed by atoms with Gasteiger partial charge in [-0.25, -0.2) is 4.79 Å². The molecule has 0 aliphatic carbocycles. The van der Waals surface area contributed by atoms with E-state index in [9.17, 15) is 14.9 Å². The highest BCUT2D eigenvalue weighted by Gasteiger charge is 2.17. The van der Waals surface area contributed by atoms with Crippen LogP contribution >= 0.6 is 11.3 Å². The fraction of sp³-hybridized carbons (Fsp3) is 0.200. The Morgan fingerprint density at radius 3 is 2.83 bits per heavy atom. The molecular weight excluding hydrogens is 258 g/mol. The topological polar surface area (TPSA) is 98.3 Å². The second-order valence-corrected chi connectivity index (χ2v) is 4.83. The van der Waals surface area contributed by atoms with Crippen LogP contribution in [0.4, 0.5) is 5.82 Å². The average molecular weight is 267 g/mol. The molecule has 0 atom stereocenters. The lowest BCUT2D eigenvalue weighted by atomic mass is 10.4. The number of thiophene rings is 1. The normalized spacial score (nSPS) is 10.5. The van der Waals surface area contributed by atoms with E-state index < -0.39 is 10.9 Å². The van der Waals surface area contributed by atoms with Gasteiger partial charge in [0.1, 0.15) is 4.88 Å². The molecule has 0 saturated heterocycles. The van der Waals surface area contributed by atoms with Gasteiger partial charge in [-0.3, -0.25) is 0 Å². The van der Waals surface area contributed by atoms with Crippen LogP contribution in [0.2, 0.25) is 0 Å². The van der Waals surface area contributed by atoms with E-state index in [0.29, 0.717) is 12.1 Å². The van der Waals surface area contributed by atoms with Crippen molar-refractivity contribution in [3.05, 3.63) is 43.8 Å². The summed E-state index contributed by atoms with van der Waals surface area (Å²) in [5.74, 6) is -1.15. The van der Waals surface area contributed by atoms with E-state index in [1.165, 1.54) is 10.7 Å². The molecule has 0 aliphatic rings. The summed E-state index contributed by atoms with van der Waals surface area (Å²) in [7, 11) is 0. The fourth-order valence-electron chi connectivity index (χ4n) is 1.51. The number of hydrogen-bond acceptors (Lipinski definition) is 5. The minimum atomic E-state index is -0.978. The average Bonchev–Trinajstić information content (AvgIpc) is 2.86. The van der Waals surface area contributed by atoms with Gasteiger partial charge >= 0.3 is 11.8 Å². The largest absolute Gasteiger partial charge is 0.477 e. The molecule has 0 amide bonds. The van der Waals surface area contributed by atoms with E-state index in [4.69, 9.17) is 5.11 Å². The van der Waals surface area contributed by atoms with Crippen LogP contribution in [0.3, 0.4) is 0 Å². The molecule has 0 aliphatic heterocycles. The number of carboxylic acids is 1. The number of aromatic carboxylic acids is 1. The summed E-state index contributed by atoms with van der Waals surface area (Å²) in [6.45, 7) is 1.94. The first-order valence-electron chi connectivity index (χ1n) is 4.98. The van der Waals surface area contributed by atoms with Crippen molar-refractivity contribution in [2.24, 2.45) is 0 Å². The minimum Gasteiger partial charge on any atom is -0.477 e. The summed E-state index contributed by atoms with van der Waals surface area (Å²) in [5, 5.41) is 23.3. The van der Waals surface area contributed by atoms with Crippen molar-refractivity contribution in [3.63, 3.8) is 0 Å². The maximum absolute atomic E-state index is 10.7. The Labute approximate surface area is 105 Å². The van der Waals surface area contributed by atoms with Crippen molar-refractivity contribution in [3.8, 4) is 0 Å². The SMILES string of the molecule is Cc1cn(Cc2ccc(C(=O)O)s2)nc1[N+](=O)[O-]. The first kappa shape index (κ1) is 12.2. The first-order chi connectivity index (χ1) is 8.47. The summed E-state index contributed by atoms with van der Waals surface area (Å²) >= 11 is 1.13. The molecule has 18 heavy (non-hydrogen) atoms. The molecule has 0 unspecified atom stereocenters. The summed E-state index contributed by atoms with van der Waals surface area (Å²) in [5.41, 5.74) is 0.481. The number of hydrogen-bond donors (Lipinski definition) is 1. The molecule has 2 aromatic heterocycles. The molecule has 2 heterocycles. The Kier molecular flexibility index (Phi) is 3.11. The van der Waals surface area contributed by atoms with Crippen LogP contribution in [0.5, 0.6) is 0 Å². The van der Waals surface area contributed by atoms with Crippen LogP contribution in [0.15, 0.2) is 18.3 Å². The van der Waals surface area contributed by atoms with Gasteiger partial charge < -0.3 is 15.2 Å². The van der Waals surface area contributed by atoms with Crippen LogP contribution in [-0.4, -0.2) is 25.8 Å². The Morgan fingerprint density at radius 1 is 1.61 bits per heavy atom. The lowest BCUT2D eigenvalue weighted by Crippen LogP contribution is -1.99. The van der Waals surface area contributed by atoms with E-state index in [-0.39, 0.29) is 10.7 Å². The quantitative estimate of drug-likeness (QED) is 0.673. The molecule has 7 nitrogen and oxygen atoms in total. The van der Waals surface area contributed by atoms with Gasteiger partial charge in [0.15, 0.2) is 0 Å². The molecule has 0 bridgehead atoms. The zero-order valence-electron chi connectivity index (χ0n) is 9.36. The highest BCUT2D eigenvalue weighted by Crippen LogP contribution is 2.19. The monoisotopic (exact) mass is 267 g/mol. The Balaban J connectivity index is 2.20. The third-order valence-corrected chi connectivity index (χ3v) is 3.34. The lowest BCUT2D eigenvalue weighted by molar-refractivity contribution is -0.390. The van der Waals surface area contributed by atoms with Crippen molar-refractivity contribution in [1.82, 2.24) is 9.78 Å². The molecule has 0 fully saturated rings. The van der Waals surface area contributed by atoms with E-state index in [2.05, 4.69) is 5.10 Å². The van der Waals surface area contributed by atoms with Crippen molar-refractivity contribution >= 4 is 23.1 Å². The molecule has 0 spiro atoms. The summed E-state index contributed by atoms with van der Waals surface area (Å²) < 4.78 is 1.44. The standard InChI is InChI=1S/C10H9N3O4S/c1-6-4-12(11-9(6)13(16)17)5-7-2-3-8(18-7)10(14)15/h2-4H,5H2,1H3,(H,14,15). The Hall–Kier alpha value is -2.22. The molecule has 0 aromatic carbocycles. The van der Waals surface area contributed by atoms with Crippen LogP contribution < -0.4 is 0 Å². The third kappa shape index (κ3) is 2.38. The van der Waals surface area contributed by atoms with Gasteiger partial charge in [0.05, 0.1) is 23.4 Å². The number of nitrogens with zero attached hydrogens (tertiary/aromatic N) is 3. The lowest BCUT2D eigenvalue weighted by Gasteiger charge is -1.92. The van der Waals surface area contributed by atoms with Gasteiger partial charge in [-0.1, -0.05) is 0 Å². The fourth-order valence-corrected chi connectivity index (χ4v) is 2.35. The van der Waals surface area contributed by atoms with E-state index in [0.717, 1.165) is 16.2 Å². The number of aryl methyl sites for hydroxylation is 1. The Bertz CT molecular complexity index is 616. The first-order valence-corrected chi connectivity index (χ1v) is 5.79. The zero-order chi connectivity index (χ0) is 13.3. The molecule has 94 valence electrons. The summed E-state index contributed by atoms with van der Waals surface area (Å²) in [6.07, 6.45) is 1.57. The molecular formula is C10H9N3O4S. The number of aromatic nitrogens is 2. The van der Waals surface area contributed by atoms with Crippen molar-refractivity contribution in [2.75, 3.05) is 0 Å². The highest BCUT2D eigenvalue weighted by atomic mass is 32.1. The summed E-state index contributed by atoms with van der Waals surface area (Å²) in [6, 6.07) is 3.18. The van der Waals surface area contributed by atoms with Crippen LogP contribution in [-0.2, 0) is 6.54 Å². The van der Waals surface area contributed by atoms with Crippen LogP contribution in [0, 0.1) is 17.0 Å².